The first-order valence-electron chi connectivity index (χ1n) is 7.27. The van der Waals surface area contributed by atoms with Gasteiger partial charge in [-0.3, -0.25) is 4.79 Å². The Bertz CT molecular complexity index is 277. The summed E-state index contributed by atoms with van der Waals surface area (Å²) in [5, 5.41) is 3.34. The fraction of sp³-hybridized carbons (Fsp3) is 0.929. The van der Waals surface area contributed by atoms with Crippen molar-refractivity contribution in [2.24, 2.45) is 5.92 Å². The highest BCUT2D eigenvalue weighted by Gasteiger charge is 2.28. The Labute approximate surface area is 110 Å². The van der Waals surface area contributed by atoms with E-state index in [1.165, 1.54) is 12.8 Å². The highest BCUT2D eigenvalue weighted by molar-refractivity contribution is 5.81. The lowest BCUT2D eigenvalue weighted by atomic mass is 9.93. The van der Waals surface area contributed by atoms with Crippen molar-refractivity contribution >= 4 is 5.91 Å². The molecule has 3 atom stereocenters. The van der Waals surface area contributed by atoms with Crippen LogP contribution in [0.1, 0.15) is 39.0 Å². The van der Waals surface area contributed by atoms with Crippen molar-refractivity contribution in [1.82, 2.24) is 10.2 Å². The van der Waals surface area contributed by atoms with E-state index in [9.17, 15) is 4.79 Å². The van der Waals surface area contributed by atoms with Gasteiger partial charge in [0.1, 0.15) is 0 Å². The van der Waals surface area contributed by atoms with Gasteiger partial charge in [0, 0.05) is 20.2 Å². The molecule has 2 aliphatic rings. The molecule has 2 rings (SSSR count). The number of carbonyl (C=O) groups excluding carboxylic acids is 1. The second kappa shape index (κ2) is 6.53. The van der Waals surface area contributed by atoms with Crippen molar-refractivity contribution in [3.05, 3.63) is 0 Å². The van der Waals surface area contributed by atoms with Crippen LogP contribution >= 0.6 is 0 Å². The quantitative estimate of drug-likeness (QED) is 0.828. The maximum absolute atomic E-state index is 12.3. The standard InChI is InChI=1S/C14H26N2O2/c1-11-6-7-15-13(9-11)14(17)16(2)10-12-5-3-4-8-18-12/h11-13,15H,3-10H2,1-2H3. The van der Waals surface area contributed by atoms with Crippen molar-refractivity contribution in [3.8, 4) is 0 Å². The zero-order valence-electron chi connectivity index (χ0n) is 11.7. The molecule has 0 radical (unpaired) electrons. The molecule has 3 unspecified atom stereocenters. The number of amides is 1. The minimum atomic E-state index is 0.0161. The normalized spacial score (nSPS) is 33.1. The van der Waals surface area contributed by atoms with Crippen molar-refractivity contribution in [2.45, 2.75) is 51.2 Å². The Morgan fingerprint density at radius 1 is 1.39 bits per heavy atom. The van der Waals surface area contributed by atoms with E-state index < -0.39 is 0 Å². The van der Waals surface area contributed by atoms with Crippen LogP contribution in [0.3, 0.4) is 0 Å². The predicted octanol–water partition coefficient (Wildman–Crippen LogP) is 1.40. The predicted molar refractivity (Wildman–Crippen MR) is 71.4 cm³/mol. The van der Waals surface area contributed by atoms with Crippen LogP contribution in [-0.4, -0.2) is 49.7 Å². The summed E-state index contributed by atoms with van der Waals surface area (Å²) < 4.78 is 5.69. The van der Waals surface area contributed by atoms with Gasteiger partial charge in [-0.1, -0.05) is 6.92 Å². The average molecular weight is 254 g/mol. The van der Waals surface area contributed by atoms with Gasteiger partial charge in [0.15, 0.2) is 0 Å². The van der Waals surface area contributed by atoms with Gasteiger partial charge in [0.05, 0.1) is 12.1 Å². The van der Waals surface area contributed by atoms with E-state index >= 15 is 0 Å². The molecule has 0 saturated carbocycles. The molecular formula is C14H26N2O2. The fourth-order valence-corrected chi connectivity index (χ4v) is 2.91. The van der Waals surface area contributed by atoms with Crippen LogP contribution in [0.15, 0.2) is 0 Å². The summed E-state index contributed by atoms with van der Waals surface area (Å²) in [6.45, 7) is 4.79. The number of piperidine rings is 1. The first kappa shape index (κ1) is 13.8. The third-order valence-electron chi connectivity index (χ3n) is 4.09. The van der Waals surface area contributed by atoms with E-state index in [4.69, 9.17) is 4.74 Å². The number of carbonyl (C=O) groups is 1. The number of nitrogens with one attached hydrogen (secondary N) is 1. The number of rotatable bonds is 3. The van der Waals surface area contributed by atoms with Gasteiger partial charge in [0.2, 0.25) is 5.91 Å². The fourth-order valence-electron chi connectivity index (χ4n) is 2.91. The largest absolute Gasteiger partial charge is 0.376 e. The molecule has 0 spiro atoms. The number of likely N-dealkylation sites (N-methyl/N-ethyl adjacent to an activating group) is 1. The van der Waals surface area contributed by atoms with E-state index in [0.717, 1.165) is 39.0 Å². The summed E-state index contributed by atoms with van der Waals surface area (Å²) in [5.41, 5.74) is 0. The minimum Gasteiger partial charge on any atom is -0.376 e. The molecular weight excluding hydrogens is 228 g/mol. The van der Waals surface area contributed by atoms with Crippen LogP contribution in [0.25, 0.3) is 0 Å². The zero-order chi connectivity index (χ0) is 13.0. The molecule has 0 aromatic rings. The Kier molecular flexibility index (Phi) is 5.01. The van der Waals surface area contributed by atoms with Crippen LogP contribution in [0.5, 0.6) is 0 Å². The SMILES string of the molecule is CC1CCNC(C(=O)N(C)CC2CCCCO2)C1. The van der Waals surface area contributed by atoms with E-state index in [0.29, 0.717) is 5.92 Å². The topological polar surface area (TPSA) is 41.6 Å². The highest BCUT2D eigenvalue weighted by atomic mass is 16.5. The molecule has 2 heterocycles. The lowest BCUT2D eigenvalue weighted by Gasteiger charge is -2.33. The molecule has 1 N–H and O–H groups in total. The maximum Gasteiger partial charge on any atom is 0.239 e. The summed E-state index contributed by atoms with van der Waals surface area (Å²) in [6, 6.07) is 0.0161. The Balaban J connectivity index is 1.79. The Morgan fingerprint density at radius 3 is 2.89 bits per heavy atom. The van der Waals surface area contributed by atoms with Crippen LogP contribution < -0.4 is 5.32 Å². The van der Waals surface area contributed by atoms with Gasteiger partial charge >= 0.3 is 0 Å². The van der Waals surface area contributed by atoms with E-state index in [-0.39, 0.29) is 18.1 Å². The van der Waals surface area contributed by atoms with Crippen molar-refractivity contribution in [1.29, 1.82) is 0 Å². The molecule has 0 aromatic carbocycles. The van der Waals surface area contributed by atoms with Crippen molar-refractivity contribution in [3.63, 3.8) is 0 Å². The number of nitrogens with zero attached hydrogens (tertiary/aromatic N) is 1. The van der Waals surface area contributed by atoms with Gasteiger partial charge in [-0.05, 0) is 44.6 Å². The molecule has 18 heavy (non-hydrogen) atoms. The van der Waals surface area contributed by atoms with Gasteiger partial charge in [-0.15, -0.1) is 0 Å². The smallest absolute Gasteiger partial charge is 0.239 e. The summed E-state index contributed by atoms with van der Waals surface area (Å²) >= 11 is 0. The van der Waals surface area contributed by atoms with E-state index in [2.05, 4.69) is 12.2 Å². The Morgan fingerprint density at radius 2 is 2.22 bits per heavy atom. The monoisotopic (exact) mass is 254 g/mol. The summed E-state index contributed by atoms with van der Waals surface area (Å²) in [6.07, 6.45) is 5.87. The molecule has 0 aliphatic carbocycles. The molecule has 2 aliphatic heterocycles. The average Bonchev–Trinajstić information content (AvgIpc) is 2.39. The summed E-state index contributed by atoms with van der Waals surface area (Å²) in [4.78, 5) is 14.2. The summed E-state index contributed by atoms with van der Waals surface area (Å²) in [7, 11) is 1.90. The summed E-state index contributed by atoms with van der Waals surface area (Å²) in [5.74, 6) is 0.884. The van der Waals surface area contributed by atoms with Crippen LogP contribution in [0.4, 0.5) is 0 Å². The molecule has 4 heteroatoms. The van der Waals surface area contributed by atoms with Crippen molar-refractivity contribution < 1.29 is 9.53 Å². The van der Waals surface area contributed by atoms with Crippen molar-refractivity contribution in [2.75, 3.05) is 26.7 Å². The number of hydrogen-bond acceptors (Lipinski definition) is 3. The van der Waals surface area contributed by atoms with E-state index in [1.54, 1.807) is 0 Å². The molecule has 2 saturated heterocycles. The highest BCUT2D eigenvalue weighted by Crippen LogP contribution is 2.18. The second-order valence-electron chi connectivity index (χ2n) is 5.84. The van der Waals surface area contributed by atoms with Crippen LogP contribution in [0.2, 0.25) is 0 Å². The van der Waals surface area contributed by atoms with Crippen LogP contribution in [-0.2, 0) is 9.53 Å². The molecule has 0 bridgehead atoms. The first-order chi connectivity index (χ1) is 8.66. The van der Waals surface area contributed by atoms with Crippen LogP contribution in [0, 0.1) is 5.92 Å². The van der Waals surface area contributed by atoms with E-state index in [1.807, 2.05) is 11.9 Å². The van der Waals surface area contributed by atoms with Gasteiger partial charge in [-0.25, -0.2) is 0 Å². The first-order valence-corrected chi connectivity index (χ1v) is 7.27. The second-order valence-corrected chi connectivity index (χ2v) is 5.84. The number of ether oxygens (including phenoxy) is 1. The third-order valence-corrected chi connectivity index (χ3v) is 4.09. The maximum atomic E-state index is 12.3. The molecule has 0 aromatic heterocycles. The minimum absolute atomic E-state index is 0.0161. The molecule has 1 amide bonds. The molecule has 2 fully saturated rings. The third kappa shape index (κ3) is 3.69. The lowest BCUT2D eigenvalue weighted by Crippen LogP contribution is -2.50. The Hall–Kier alpha value is -0.610. The number of hydrogen-bond donors (Lipinski definition) is 1. The molecule has 4 nitrogen and oxygen atoms in total. The van der Waals surface area contributed by atoms with Gasteiger partial charge < -0.3 is 15.0 Å². The zero-order valence-corrected chi connectivity index (χ0v) is 11.7. The van der Waals surface area contributed by atoms with Gasteiger partial charge in [-0.2, -0.15) is 0 Å². The lowest BCUT2D eigenvalue weighted by molar-refractivity contribution is -0.135. The molecule has 104 valence electrons. The van der Waals surface area contributed by atoms with Gasteiger partial charge in [0.25, 0.3) is 0 Å².